The van der Waals surface area contributed by atoms with Crippen LogP contribution in [0.25, 0.3) is 0 Å². The maximum atomic E-state index is 11.7. The van der Waals surface area contributed by atoms with Crippen molar-refractivity contribution in [2.24, 2.45) is 11.3 Å². The average Bonchev–Trinajstić information content (AvgIpc) is 2.27. The molecule has 3 nitrogen and oxygen atoms in total. The smallest absolute Gasteiger partial charge is 0.313 e. The third-order valence-corrected chi connectivity index (χ3v) is 4.09. The fourth-order valence-electron chi connectivity index (χ4n) is 3.03. The van der Waals surface area contributed by atoms with E-state index in [1.807, 2.05) is 13.8 Å². The van der Waals surface area contributed by atoms with Crippen LogP contribution in [0.1, 0.15) is 72.6 Å². The third kappa shape index (κ3) is 5.75. The Bertz CT molecular complexity index is 320. The van der Waals surface area contributed by atoms with Gasteiger partial charge in [-0.05, 0) is 43.9 Å². The third-order valence-electron chi connectivity index (χ3n) is 4.09. The molecule has 1 fully saturated rings. The zero-order valence-corrected chi connectivity index (χ0v) is 12.8. The number of hydrogen-bond acceptors (Lipinski definition) is 3. The second kappa shape index (κ2) is 7.06. The van der Waals surface area contributed by atoms with Gasteiger partial charge in [-0.3, -0.25) is 9.59 Å². The molecule has 0 bridgehead atoms. The molecule has 1 aliphatic carbocycles. The average molecular weight is 268 g/mol. The van der Waals surface area contributed by atoms with Crippen LogP contribution in [0, 0.1) is 11.3 Å². The first-order valence-corrected chi connectivity index (χ1v) is 7.55. The summed E-state index contributed by atoms with van der Waals surface area (Å²) >= 11 is 0. The molecule has 0 aliphatic heterocycles. The monoisotopic (exact) mass is 268 g/mol. The van der Waals surface area contributed by atoms with Gasteiger partial charge in [0.1, 0.15) is 18.3 Å². The highest BCUT2D eigenvalue weighted by atomic mass is 16.5. The molecule has 19 heavy (non-hydrogen) atoms. The van der Waals surface area contributed by atoms with Crippen LogP contribution in [0.4, 0.5) is 0 Å². The second-order valence-electron chi connectivity index (χ2n) is 6.68. The molecule has 0 spiro atoms. The number of hydrogen-bond donors (Lipinski definition) is 0. The Morgan fingerprint density at radius 3 is 2.63 bits per heavy atom. The van der Waals surface area contributed by atoms with E-state index in [4.69, 9.17) is 4.74 Å². The van der Waals surface area contributed by atoms with E-state index in [0.717, 1.165) is 19.3 Å². The van der Waals surface area contributed by atoms with Crippen LogP contribution in [0.15, 0.2) is 0 Å². The minimum Gasteiger partial charge on any atom is -0.462 e. The van der Waals surface area contributed by atoms with Crippen molar-refractivity contribution in [3.8, 4) is 0 Å². The summed E-state index contributed by atoms with van der Waals surface area (Å²) < 4.78 is 5.44. The van der Waals surface area contributed by atoms with Gasteiger partial charge in [0.15, 0.2) is 0 Å². The van der Waals surface area contributed by atoms with Crippen molar-refractivity contribution < 1.29 is 14.3 Å². The summed E-state index contributed by atoms with van der Waals surface area (Å²) in [5.41, 5.74) is 0.349. The van der Waals surface area contributed by atoms with Gasteiger partial charge in [-0.25, -0.2) is 0 Å². The summed E-state index contributed by atoms with van der Waals surface area (Å²) in [6.07, 6.45) is 5.81. The van der Waals surface area contributed by atoms with Gasteiger partial charge in [0, 0.05) is 6.42 Å². The van der Waals surface area contributed by atoms with Gasteiger partial charge < -0.3 is 4.74 Å². The molecule has 2 unspecified atom stereocenters. The molecule has 110 valence electrons. The van der Waals surface area contributed by atoms with Crippen LogP contribution in [0.5, 0.6) is 0 Å². The van der Waals surface area contributed by atoms with E-state index in [-0.39, 0.29) is 24.3 Å². The Morgan fingerprint density at radius 1 is 1.37 bits per heavy atom. The summed E-state index contributed by atoms with van der Waals surface area (Å²) in [5, 5.41) is 0. The second-order valence-corrected chi connectivity index (χ2v) is 6.68. The fourth-order valence-corrected chi connectivity index (χ4v) is 3.03. The molecule has 2 atom stereocenters. The largest absolute Gasteiger partial charge is 0.462 e. The lowest BCUT2D eigenvalue weighted by atomic mass is 9.71. The molecule has 1 rings (SSSR count). The summed E-state index contributed by atoms with van der Waals surface area (Å²) in [5.74, 6) is 0.0759. The highest BCUT2D eigenvalue weighted by Crippen LogP contribution is 2.40. The van der Waals surface area contributed by atoms with Gasteiger partial charge in [0.25, 0.3) is 0 Å². The standard InChI is InChI=1S/C16H28O3/c1-5-7-14(17)10-15(18)19-12(2)13-8-6-9-16(3,4)11-13/h12-13H,5-11H2,1-4H3. The van der Waals surface area contributed by atoms with Crippen molar-refractivity contribution in [2.75, 3.05) is 0 Å². The predicted molar refractivity (Wildman–Crippen MR) is 75.8 cm³/mol. The molecule has 1 aliphatic rings. The van der Waals surface area contributed by atoms with E-state index in [9.17, 15) is 9.59 Å². The molecule has 0 saturated heterocycles. The zero-order chi connectivity index (χ0) is 14.5. The maximum Gasteiger partial charge on any atom is 0.313 e. The number of carbonyl (C=O) groups excluding carboxylic acids is 2. The first-order valence-electron chi connectivity index (χ1n) is 7.55. The number of ether oxygens (including phenoxy) is 1. The fraction of sp³-hybridized carbons (Fsp3) is 0.875. The molecule has 0 heterocycles. The summed E-state index contributed by atoms with van der Waals surface area (Å²) in [7, 11) is 0. The lowest BCUT2D eigenvalue weighted by Crippen LogP contribution is -2.32. The van der Waals surface area contributed by atoms with Gasteiger partial charge in [0.2, 0.25) is 0 Å². The van der Waals surface area contributed by atoms with Gasteiger partial charge in [-0.15, -0.1) is 0 Å². The number of carbonyl (C=O) groups is 2. The van der Waals surface area contributed by atoms with E-state index in [2.05, 4.69) is 13.8 Å². The van der Waals surface area contributed by atoms with E-state index in [1.54, 1.807) is 0 Å². The first kappa shape index (κ1) is 16.2. The molecule has 0 amide bonds. The molecule has 0 radical (unpaired) electrons. The topological polar surface area (TPSA) is 43.4 Å². The Balaban J connectivity index is 2.39. The van der Waals surface area contributed by atoms with Crippen LogP contribution in [0.2, 0.25) is 0 Å². The Morgan fingerprint density at radius 2 is 2.05 bits per heavy atom. The predicted octanol–water partition coefficient (Wildman–Crippen LogP) is 3.89. The highest BCUT2D eigenvalue weighted by Gasteiger charge is 2.32. The molecule has 0 aromatic heterocycles. The van der Waals surface area contributed by atoms with Gasteiger partial charge in [0.05, 0.1) is 0 Å². The molecule has 0 aromatic rings. The minimum atomic E-state index is -0.352. The van der Waals surface area contributed by atoms with Gasteiger partial charge in [-0.1, -0.05) is 27.2 Å². The molecule has 0 aromatic carbocycles. The molecular formula is C16H28O3. The van der Waals surface area contributed by atoms with E-state index in [0.29, 0.717) is 17.8 Å². The molecule has 0 N–H and O–H groups in total. The van der Waals surface area contributed by atoms with Crippen molar-refractivity contribution in [1.29, 1.82) is 0 Å². The van der Waals surface area contributed by atoms with Gasteiger partial charge >= 0.3 is 5.97 Å². The van der Waals surface area contributed by atoms with Crippen molar-refractivity contribution in [2.45, 2.75) is 78.7 Å². The Labute approximate surface area is 117 Å². The minimum absolute atomic E-state index is 0.0105. The number of Topliss-reactive ketones (excluding diaryl/α,β-unsaturated/α-hetero) is 1. The highest BCUT2D eigenvalue weighted by molar-refractivity contribution is 5.95. The number of ketones is 1. The van der Waals surface area contributed by atoms with Crippen LogP contribution >= 0.6 is 0 Å². The zero-order valence-electron chi connectivity index (χ0n) is 12.8. The molecule has 3 heteroatoms. The Hall–Kier alpha value is -0.860. The van der Waals surface area contributed by atoms with Gasteiger partial charge in [-0.2, -0.15) is 0 Å². The number of rotatable bonds is 6. The molecule has 1 saturated carbocycles. The summed E-state index contributed by atoms with van der Waals surface area (Å²) in [6.45, 7) is 8.46. The van der Waals surface area contributed by atoms with Crippen molar-refractivity contribution >= 4 is 11.8 Å². The van der Waals surface area contributed by atoms with Crippen LogP contribution in [-0.2, 0) is 14.3 Å². The lowest BCUT2D eigenvalue weighted by Gasteiger charge is -2.37. The summed E-state index contributed by atoms with van der Waals surface area (Å²) in [6, 6.07) is 0. The first-order chi connectivity index (χ1) is 8.84. The maximum absolute atomic E-state index is 11.7. The van der Waals surface area contributed by atoms with E-state index < -0.39 is 0 Å². The van der Waals surface area contributed by atoms with Crippen LogP contribution < -0.4 is 0 Å². The SMILES string of the molecule is CCCC(=O)CC(=O)OC(C)C1CCCC(C)(C)C1. The van der Waals surface area contributed by atoms with E-state index in [1.165, 1.54) is 12.8 Å². The van der Waals surface area contributed by atoms with Crippen LogP contribution in [0.3, 0.4) is 0 Å². The quantitative estimate of drug-likeness (QED) is 0.542. The van der Waals surface area contributed by atoms with Crippen molar-refractivity contribution in [3.05, 3.63) is 0 Å². The summed E-state index contributed by atoms with van der Waals surface area (Å²) in [4.78, 5) is 23.1. The normalized spacial score (nSPS) is 23.7. The number of esters is 1. The van der Waals surface area contributed by atoms with E-state index >= 15 is 0 Å². The lowest BCUT2D eigenvalue weighted by molar-refractivity contribution is -0.153. The Kier molecular flexibility index (Phi) is 6.02. The van der Waals surface area contributed by atoms with Crippen molar-refractivity contribution in [3.63, 3.8) is 0 Å². The van der Waals surface area contributed by atoms with Crippen molar-refractivity contribution in [1.82, 2.24) is 0 Å². The molecular weight excluding hydrogens is 240 g/mol. The van der Waals surface area contributed by atoms with Crippen LogP contribution in [-0.4, -0.2) is 17.9 Å².